The fourth-order valence-electron chi connectivity index (χ4n) is 3.01. The Labute approximate surface area is 124 Å². The van der Waals surface area contributed by atoms with Crippen LogP contribution in [0.5, 0.6) is 0 Å². The second-order valence-corrected chi connectivity index (χ2v) is 5.53. The van der Waals surface area contributed by atoms with Gasteiger partial charge in [0.05, 0.1) is 25.4 Å². The van der Waals surface area contributed by atoms with E-state index in [-0.39, 0.29) is 5.91 Å². The highest BCUT2D eigenvalue weighted by Crippen LogP contribution is 2.31. The van der Waals surface area contributed by atoms with Crippen molar-refractivity contribution < 1.29 is 9.21 Å². The quantitative estimate of drug-likeness (QED) is 0.916. The predicted molar refractivity (Wildman–Crippen MR) is 79.5 cm³/mol. The number of carbonyl (C=O) groups is 1. The molecule has 3 heterocycles. The van der Waals surface area contributed by atoms with Crippen LogP contribution >= 0.6 is 0 Å². The van der Waals surface area contributed by atoms with E-state index in [1.807, 2.05) is 12.1 Å². The van der Waals surface area contributed by atoms with E-state index < -0.39 is 0 Å². The van der Waals surface area contributed by atoms with Crippen molar-refractivity contribution in [3.8, 4) is 0 Å². The van der Waals surface area contributed by atoms with Gasteiger partial charge in [-0.25, -0.2) is 0 Å². The van der Waals surface area contributed by atoms with Crippen LogP contribution in [0.3, 0.4) is 0 Å². The molecule has 1 N–H and O–H groups in total. The third-order valence-electron chi connectivity index (χ3n) is 4.08. The average molecular weight is 287 g/mol. The summed E-state index contributed by atoms with van der Waals surface area (Å²) in [5.74, 6) is 0.830. The van der Waals surface area contributed by atoms with Crippen LogP contribution in [-0.4, -0.2) is 28.5 Å². The van der Waals surface area contributed by atoms with Gasteiger partial charge in [0.25, 0.3) is 0 Å². The summed E-state index contributed by atoms with van der Waals surface area (Å²) in [6.07, 6.45) is 5.93. The Morgan fingerprint density at radius 2 is 2.33 bits per heavy atom. The van der Waals surface area contributed by atoms with E-state index in [9.17, 15) is 4.79 Å². The van der Waals surface area contributed by atoms with E-state index >= 15 is 0 Å². The van der Waals surface area contributed by atoms with Gasteiger partial charge in [0, 0.05) is 18.9 Å². The van der Waals surface area contributed by atoms with Crippen molar-refractivity contribution in [2.75, 3.05) is 13.1 Å². The average Bonchev–Trinajstić information content (AvgIpc) is 3.18. The second-order valence-electron chi connectivity index (χ2n) is 5.53. The monoisotopic (exact) mass is 287 g/mol. The number of aryl methyl sites for hydroxylation is 1. The Morgan fingerprint density at radius 1 is 1.43 bits per heavy atom. The molecule has 1 atom stereocenters. The first-order valence-electron chi connectivity index (χ1n) is 7.38. The van der Waals surface area contributed by atoms with Crippen molar-refractivity contribution in [1.82, 2.24) is 14.8 Å². The molecule has 5 nitrogen and oxygen atoms in total. The maximum atomic E-state index is 12.1. The fourth-order valence-corrected chi connectivity index (χ4v) is 3.01. The van der Waals surface area contributed by atoms with Crippen molar-refractivity contribution in [3.05, 3.63) is 48.2 Å². The highest BCUT2D eigenvalue weighted by atomic mass is 16.3. The molecule has 3 rings (SSSR count). The lowest BCUT2D eigenvalue weighted by molar-refractivity contribution is -0.122. The zero-order chi connectivity index (χ0) is 14.7. The van der Waals surface area contributed by atoms with Crippen molar-refractivity contribution in [3.63, 3.8) is 0 Å². The molecule has 0 bridgehead atoms. The number of amides is 1. The van der Waals surface area contributed by atoms with Gasteiger partial charge in [0.2, 0.25) is 5.91 Å². The molecule has 0 unspecified atom stereocenters. The van der Waals surface area contributed by atoms with E-state index in [2.05, 4.69) is 40.2 Å². The number of nitrogens with one attached hydrogen (secondary N) is 1. The molecule has 5 heteroatoms. The molecule has 1 amide bonds. The number of aromatic nitrogens is 1. The highest BCUT2D eigenvalue weighted by molar-refractivity contribution is 5.78. The van der Waals surface area contributed by atoms with E-state index in [0.29, 0.717) is 19.1 Å². The van der Waals surface area contributed by atoms with Gasteiger partial charge in [0.15, 0.2) is 0 Å². The summed E-state index contributed by atoms with van der Waals surface area (Å²) in [7, 11) is 2.06. The van der Waals surface area contributed by atoms with Gasteiger partial charge in [-0.15, -0.1) is 0 Å². The van der Waals surface area contributed by atoms with Crippen molar-refractivity contribution in [1.29, 1.82) is 0 Å². The number of hydrogen-bond donors (Lipinski definition) is 1. The van der Waals surface area contributed by atoms with E-state index in [1.165, 1.54) is 5.69 Å². The van der Waals surface area contributed by atoms with Gasteiger partial charge in [-0.1, -0.05) is 0 Å². The summed E-state index contributed by atoms with van der Waals surface area (Å²) in [4.78, 5) is 14.3. The zero-order valence-corrected chi connectivity index (χ0v) is 12.3. The minimum absolute atomic E-state index is 0.0486. The maximum absolute atomic E-state index is 12.1. The van der Waals surface area contributed by atoms with Crippen molar-refractivity contribution in [2.24, 2.45) is 7.05 Å². The number of furan rings is 1. The molecule has 1 fully saturated rings. The number of likely N-dealkylation sites (tertiary alicyclic amines) is 1. The van der Waals surface area contributed by atoms with Gasteiger partial charge < -0.3 is 14.3 Å². The van der Waals surface area contributed by atoms with Crippen LogP contribution in [0.15, 0.2) is 41.1 Å². The molecule has 2 aromatic heterocycles. The lowest BCUT2D eigenvalue weighted by Gasteiger charge is -2.24. The minimum atomic E-state index is 0.0486. The molecule has 21 heavy (non-hydrogen) atoms. The Balaban J connectivity index is 1.56. The maximum Gasteiger partial charge on any atom is 0.234 e. The van der Waals surface area contributed by atoms with E-state index in [4.69, 9.17) is 4.42 Å². The molecule has 0 radical (unpaired) electrons. The van der Waals surface area contributed by atoms with Crippen LogP contribution in [0, 0.1) is 0 Å². The third-order valence-corrected chi connectivity index (χ3v) is 4.08. The summed E-state index contributed by atoms with van der Waals surface area (Å²) in [5.41, 5.74) is 1.28. The number of hydrogen-bond acceptors (Lipinski definition) is 3. The largest absolute Gasteiger partial charge is 0.467 e. The van der Waals surface area contributed by atoms with Gasteiger partial charge in [-0.05, 0) is 43.7 Å². The smallest absolute Gasteiger partial charge is 0.234 e. The van der Waals surface area contributed by atoms with Gasteiger partial charge in [0.1, 0.15) is 5.76 Å². The molecule has 0 aromatic carbocycles. The number of carbonyl (C=O) groups excluding carboxylic acids is 1. The van der Waals surface area contributed by atoms with Crippen LogP contribution in [0.1, 0.15) is 30.3 Å². The standard InChI is InChI=1S/C16H21N3O2/c1-18-8-2-6-14(18)15-7-3-9-19(15)12-16(20)17-11-13-5-4-10-21-13/h2,4-6,8,10,15H,3,7,9,11-12H2,1H3,(H,17,20)/t15-/m0/s1. The molecule has 0 saturated carbocycles. The highest BCUT2D eigenvalue weighted by Gasteiger charge is 2.28. The lowest BCUT2D eigenvalue weighted by Crippen LogP contribution is -2.37. The number of nitrogens with zero attached hydrogens (tertiary/aromatic N) is 2. The van der Waals surface area contributed by atoms with Gasteiger partial charge >= 0.3 is 0 Å². The summed E-state index contributed by atoms with van der Waals surface area (Å²) in [6, 6.07) is 8.24. The summed E-state index contributed by atoms with van der Waals surface area (Å²) in [5, 5.41) is 2.91. The Bertz CT molecular complexity index is 588. The van der Waals surface area contributed by atoms with Crippen LogP contribution in [0.2, 0.25) is 0 Å². The first kappa shape index (κ1) is 13.9. The summed E-state index contributed by atoms with van der Waals surface area (Å²) < 4.78 is 7.36. The molecule has 1 aliphatic rings. The molecule has 2 aromatic rings. The van der Waals surface area contributed by atoms with E-state index in [0.717, 1.165) is 25.1 Å². The molecule has 112 valence electrons. The number of rotatable bonds is 5. The zero-order valence-electron chi connectivity index (χ0n) is 12.3. The second kappa shape index (κ2) is 6.18. The van der Waals surface area contributed by atoms with Crippen molar-refractivity contribution >= 4 is 5.91 Å². The van der Waals surface area contributed by atoms with Crippen LogP contribution < -0.4 is 5.32 Å². The molecular weight excluding hydrogens is 266 g/mol. The normalized spacial score (nSPS) is 19.0. The van der Waals surface area contributed by atoms with Gasteiger partial charge in [-0.3, -0.25) is 9.69 Å². The first-order valence-corrected chi connectivity index (χ1v) is 7.38. The lowest BCUT2D eigenvalue weighted by atomic mass is 10.1. The third kappa shape index (κ3) is 3.19. The first-order chi connectivity index (χ1) is 10.2. The van der Waals surface area contributed by atoms with Crippen LogP contribution in [0.4, 0.5) is 0 Å². The fraction of sp³-hybridized carbons (Fsp3) is 0.438. The van der Waals surface area contributed by atoms with Gasteiger partial charge in [-0.2, -0.15) is 0 Å². The predicted octanol–water partition coefficient (Wildman–Crippen LogP) is 2.07. The molecule has 1 saturated heterocycles. The molecule has 0 spiro atoms. The summed E-state index contributed by atoms with van der Waals surface area (Å²) >= 11 is 0. The SMILES string of the molecule is Cn1cccc1[C@@H]1CCCN1CC(=O)NCc1ccco1. The Hall–Kier alpha value is -2.01. The topological polar surface area (TPSA) is 50.4 Å². The minimum Gasteiger partial charge on any atom is -0.467 e. The Kier molecular flexibility index (Phi) is 4.10. The summed E-state index contributed by atoms with van der Waals surface area (Å²) in [6.45, 7) is 1.87. The molecule has 0 aliphatic carbocycles. The van der Waals surface area contributed by atoms with Crippen LogP contribution in [0.25, 0.3) is 0 Å². The Morgan fingerprint density at radius 3 is 3.05 bits per heavy atom. The van der Waals surface area contributed by atoms with E-state index in [1.54, 1.807) is 6.26 Å². The molecule has 1 aliphatic heterocycles. The van der Waals surface area contributed by atoms with Crippen molar-refractivity contribution in [2.45, 2.75) is 25.4 Å². The molecular formula is C16H21N3O2. The van der Waals surface area contributed by atoms with Crippen LogP contribution in [-0.2, 0) is 18.4 Å².